The summed E-state index contributed by atoms with van der Waals surface area (Å²) in [6.07, 6.45) is -4.06. The maximum absolute atomic E-state index is 11.9. The number of pyridine rings is 1. The van der Waals surface area contributed by atoms with Crippen LogP contribution in [0.4, 0.5) is 21.8 Å². The van der Waals surface area contributed by atoms with E-state index >= 15 is 0 Å². The predicted octanol–water partition coefficient (Wildman–Crippen LogP) is 1.73. The normalized spacial score (nSPS) is 11.5. The van der Waals surface area contributed by atoms with Crippen molar-refractivity contribution in [2.75, 3.05) is 0 Å². The molecular weight excluding hydrogens is 192 g/mol. The Kier molecular flexibility index (Phi) is 2.54. The largest absolute Gasteiger partial charge is 0.573 e. The summed E-state index contributed by atoms with van der Waals surface area (Å²) in [5, 5.41) is 0. The second kappa shape index (κ2) is 3.31. The molecule has 0 aliphatic carbocycles. The van der Waals surface area contributed by atoms with Gasteiger partial charge in [-0.2, -0.15) is 13.2 Å². The van der Waals surface area contributed by atoms with Crippen molar-refractivity contribution in [2.45, 2.75) is 6.18 Å². The van der Waals surface area contributed by atoms with Crippen molar-refractivity contribution < 1.29 is 21.8 Å². The first-order chi connectivity index (χ1) is 5.91. The summed E-state index contributed by atoms with van der Waals surface area (Å²) >= 11 is 0. The smallest absolute Gasteiger partial charge is 0.281 e. The average Bonchev–Trinajstić information content (AvgIpc) is 2.03. The van der Waals surface area contributed by atoms with Gasteiger partial charge in [-0.25, -0.2) is 0 Å². The van der Waals surface area contributed by atoms with E-state index < -0.39 is 24.6 Å². The number of halogens is 5. The number of hydrogen-bond donors (Lipinski definition) is 0. The van der Waals surface area contributed by atoms with Gasteiger partial charge in [0.05, 0.1) is 0 Å². The van der Waals surface area contributed by atoms with E-state index in [1.807, 2.05) is 0 Å². The molecule has 0 N–H and O–H groups in total. The third-order valence-corrected chi connectivity index (χ3v) is 1.33. The summed E-state index contributed by atoms with van der Waals surface area (Å²) in [6.45, 7) is 0. The van der Waals surface area contributed by atoms with Crippen LogP contribution < -0.4 is 5.46 Å². The highest BCUT2D eigenvalue weighted by Gasteiger charge is 2.32. The fourth-order valence-corrected chi connectivity index (χ4v) is 0.702. The lowest BCUT2D eigenvalue weighted by atomic mass is 9.88. The minimum atomic E-state index is -4.58. The van der Waals surface area contributed by atoms with Crippen LogP contribution in [0, 0.1) is 0 Å². The van der Waals surface area contributed by atoms with E-state index in [2.05, 4.69) is 4.98 Å². The van der Waals surface area contributed by atoms with E-state index in [1.165, 1.54) is 0 Å². The zero-order valence-corrected chi connectivity index (χ0v) is 6.15. The van der Waals surface area contributed by atoms with Crippen molar-refractivity contribution in [2.24, 2.45) is 0 Å². The molecule has 0 bridgehead atoms. The molecule has 13 heavy (non-hydrogen) atoms. The Morgan fingerprint density at radius 3 is 2.08 bits per heavy atom. The molecular formula is C6H3BF5N. The minimum Gasteiger partial charge on any atom is -0.281 e. The highest BCUT2D eigenvalue weighted by atomic mass is 19.4. The van der Waals surface area contributed by atoms with Crippen molar-refractivity contribution in [1.82, 2.24) is 4.98 Å². The highest BCUT2D eigenvalue weighted by molar-refractivity contribution is 6.59. The highest BCUT2D eigenvalue weighted by Crippen LogP contribution is 2.26. The second-order valence-corrected chi connectivity index (χ2v) is 2.28. The molecule has 1 heterocycles. The summed E-state index contributed by atoms with van der Waals surface area (Å²) < 4.78 is 59.4. The van der Waals surface area contributed by atoms with Gasteiger partial charge in [-0.3, -0.25) is 13.6 Å². The number of nitrogens with zero attached hydrogens (tertiary/aromatic N) is 1. The lowest BCUT2D eigenvalue weighted by Gasteiger charge is -2.04. The van der Waals surface area contributed by atoms with Crippen LogP contribution in [0.2, 0.25) is 0 Å². The quantitative estimate of drug-likeness (QED) is 0.491. The maximum Gasteiger partial charge on any atom is 0.573 e. The number of aromatic nitrogens is 1. The number of alkyl halides is 3. The molecule has 70 valence electrons. The first kappa shape index (κ1) is 9.95. The molecule has 0 saturated carbocycles. The lowest BCUT2D eigenvalue weighted by molar-refractivity contribution is -0.141. The van der Waals surface area contributed by atoms with Gasteiger partial charge in [0.2, 0.25) is 0 Å². The summed E-state index contributed by atoms with van der Waals surface area (Å²) in [7, 11) is -2.80. The molecule has 0 aromatic carbocycles. The molecule has 0 radical (unpaired) electrons. The average molecular weight is 195 g/mol. The topological polar surface area (TPSA) is 12.9 Å². The zero-order valence-electron chi connectivity index (χ0n) is 6.15. The molecule has 0 aliphatic rings. The Balaban J connectivity index is 2.94. The molecule has 0 fully saturated rings. The van der Waals surface area contributed by atoms with Crippen LogP contribution >= 0.6 is 0 Å². The summed E-state index contributed by atoms with van der Waals surface area (Å²) in [5.41, 5.74) is -1.69. The van der Waals surface area contributed by atoms with E-state index in [0.29, 0.717) is 18.3 Å². The van der Waals surface area contributed by atoms with E-state index in [0.717, 1.165) is 0 Å². The Hall–Kier alpha value is -1.14. The molecule has 1 nitrogen and oxygen atoms in total. The van der Waals surface area contributed by atoms with E-state index in [9.17, 15) is 21.8 Å². The van der Waals surface area contributed by atoms with Crippen LogP contribution in [0.5, 0.6) is 0 Å². The van der Waals surface area contributed by atoms with Crippen molar-refractivity contribution in [3.05, 3.63) is 24.0 Å². The van der Waals surface area contributed by atoms with Crippen molar-refractivity contribution in [3.63, 3.8) is 0 Å². The molecule has 1 aromatic rings. The fraction of sp³-hybridized carbons (Fsp3) is 0.167. The van der Waals surface area contributed by atoms with Gasteiger partial charge < -0.3 is 0 Å². The molecule has 0 aliphatic heterocycles. The van der Waals surface area contributed by atoms with Crippen molar-refractivity contribution in [3.8, 4) is 0 Å². The van der Waals surface area contributed by atoms with E-state index in [1.54, 1.807) is 0 Å². The van der Waals surface area contributed by atoms with Gasteiger partial charge in [0.1, 0.15) is 5.69 Å². The summed E-state index contributed by atoms with van der Waals surface area (Å²) in [5.74, 6) is 0. The Morgan fingerprint density at radius 1 is 1.15 bits per heavy atom. The molecule has 0 spiro atoms. The molecule has 0 atom stereocenters. The molecule has 0 amide bonds. The predicted molar refractivity (Wildman–Crippen MR) is 36.8 cm³/mol. The Bertz CT molecular complexity index is 280. The summed E-state index contributed by atoms with van der Waals surface area (Å²) in [4.78, 5) is 2.87. The number of hydrogen-bond acceptors (Lipinski definition) is 1. The minimum absolute atomic E-state index is 0.520. The molecule has 0 unspecified atom stereocenters. The zero-order chi connectivity index (χ0) is 10.1. The number of rotatable bonds is 1. The Morgan fingerprint density at radius 2 is 1.77 bits per heavy atom. The first-order valence-electron chi connectivity index (χ1n) is 3.22. The van der Waals surface area contributed by atoms with Gasteiger partial charge in [0, 0.05) is 11.7 Å². The van der Waals surface area contributed by atoms with E-state index in [-0.39, 0.29) is 0 Å². The van der Waals surface area contributed by atoms with Gasteiger partial charge in [-0.1, -0.05) is 6.07 Å². The standard InChI is InChI=1S/C6H3BF5N/c8-6(9,10)5-2-1-4(3-13-5)7(11)12/h1-3H. The van der Waals surface area contributed by atoms with Gasteiger partial charge >= 0.3 is 13.4 Å². The van der Waals surface area contributed by atoms with Gasteiger partial charge in [0.15, 0.2) is 0 Å². The Labute approximate surface area is 70.8 Å². The van der Waals surface area contributed by atoms with Crippen LogP contribution in [0.3, 0.4) is 0 Å². The lowest BCUT2D eigenvalue weighted by Crippen LogP contribution is -2.22. The second-order valence-electron chi connectivity index (χ2n) is 2.28. The van der Waals surface area contributed by atoms with Gasteiger partial charge in [-0.05, 0) is 6.07 Å². The molecule has 0 saturated heterocycles. The van der Waals surface area contributed by atoms with Crippen molar-refractivity contribution >= 4 is 12.7 Å². The van der Waals surface area contributed by atoms with Crippen LogP contribution in [-0.2, 0) is 6.18 Å². The molecule has 7 heteroatoms. The maximum atomic E-state index is 11.9. The van der Waals surface area contributed by atoms with Gasteiger partial charge in [-0.15, -0.1) is 0 Å². The molecule has 1 aromatic heterocycles. The van der Waals surface area contributed by atoms with Crippen LogP contribution in [0.1, 0.15) is 5.69 Å². The van der Waals surface area contributed by atoms with E-state index in [4.69, 9.17) is 0 Å². The van der Waals surface area contributed by atoms with Crippen LogP contribution in [-0.4, -0.2) is 12.3 Å². The fourth-order valence-electron chi connectivity index (χ4n) is 0.702. The third-order valence-electron chi connectivity index (χ3n) is 1.33. The van der Waals surface area contributed by atoms with Crippen molar-refractivity contribution in [1.29, 1.82) is 0 Å². The molecule has 1 rings (SSSR count). The van der Waals surface area contributed by atoms with Gasteiger partial charge in [0.25, 0.3) is 0 Å². The van der Waals surface area contributed by atoms with Crippen LogP contribution in [0.25, 0.3) is 0 Å². The SMILES string of the molecule is FB(F)c1ccc(C(F)(F)F)nc1. The monoisotopic (exact) mass is 195 g/mol. The third kappa shape index (κ3) is 2.40. The summed E-state index contributed by atoms with van der Waals surface area (Å²) in [6, 6.07) is 1.24. The van der Waals surface area contributed by atoms with Crippen LogP contribution in [0.15, 0.2) is 18.3 Å². The first-order valence-corrected chi connectivity index (χ1v) is 3.22.